The first-order valence-electron chi connectivity index (χ1n) is 8.98. The average molecular weight is 408 g/mol. The third kappa shape index (κ3) is 5.09. The molecular weight excluding hydrogens is 386 g/mol. The van der Waals surface area contributed by atoms with E-state index in [0.29, 0.717) is 23.7 Å². The van der Waals surface area contributed by atoms with Gasteiger partial charge >= 0.3 is 5.97 Å². The predicted octanol–water partition coefficient (Wildman–Crippen LogP) is 4.26. The molecule has 27 heavy (non-hydrogen) atoms. The van der Waals surface area contributed by atoms with Crippen molar-refractivity contribution >= 4 is 27.6 Å². The molecule has 3 rings (SSSR count). The number of hydrogen-bond donors (Lipinski definition) is 0. The summed E-state index contributed by atoms with van der Waals surface area (Å²) < 4.78 is 32.3. The maximum atomic E-state index is 12.8. The van der Waals surface area contributed by atoms with Crippen LogP contribution in [0.2, 0.25) is 5.02 Å². The van der Waals surface area contributed by atoms with E-state index in [-0.39, 0.29) is 11.5 Å². The van der Waals surface area contributed by atoms with E-state index in [2.05, 4.69) is 0 Å². The lowest BCUT2D eigenvalue weighted by Gasteiger charge is -2.20. The summed E-state index contributed by atoms with van der Waals surface area (Å²) in [6, 6.07) is 13.0. The van der Waals surface area contributed by atoms with Crippen LogP contribution in [0.5, 0.6) is 0 Å². The van der Waals surface area contributed by atoms with Crippen LogP contribution >= 0.6 is 11.6 Å². The molecule has 0 aliphatic carbocycles. The third-order valence-corrected chi connectivity index (χ3v) is 6.70. The van der Waals surface area contributed by atoms with E-state index in [0.717, 1.165) is 31.2 Å². The lowest BCUT2D eigenvalue weighted by atomic mass is 10.2. The zero-order chi connectivity index (χ0) is 19.3. The van der Waals surface area contributed by atoms with E-state index in [1.54, 1.807) is 18.2 Å². The number of carbonyl (C=O) groups excluding carboxylic acids is 1. The Labute approximate surface area is 165 Å². The van der Waals surface area contributed by atoms with E-state index in [9.17, 15) is 13.2 Å². The van der Waals surface area contributed by atoms with Gasteiger partial charge in [0.05, 0.1) is 10.5 Å². The van der Waals surface area contributed by atoms with Gasteiger partial charge in [-0.25, -0.2) is 13.2 Å². The van der Waals surface area contributed by atoms with Crippen LogP contribution in [-0.4, -0.2) is 31.8 Å². The van der Waals surface area contributed by atoms with E-state index >= 15 is 0 Å². The van der Waals surface area contributed by atoms with Gasteiger partial charge in [-0.15, -0.1) is 0 Å². The first-order valence-corrected chi connectivity index (χ1v) is 10.8. The molecule has 0 radical (unpaired) electrons. The minimum Gasteiger partial charge on any atom is -0.457 e. The number of benzene rings is 2. The fourth-order valence-electron chi connectivity index (χ4n) is 3.05. The Morgan fingerprint density at radius 1 is 1.00 bits per heavy atom. The zero-order valence-electron chi connectivity index (χ0n) is 14.9. The van der Waals surface area contributed by atoms with Gasteiger partial charge < -0.3 is 4.74 Å². The second-order valence-corrected chi connectivity index (χ2v) is 8.92. The molecule has 0 bridgehead atoms. The highest BCUT2D eigenvalue weighted by Gasteiger charge is 2.25. The largest absolute Gasteiger partial charge is 0.457 e. The van der Waals surface area contributed by atoms with Crippen molar-refractivity contribution in [2.45, 2.75) is 37.2 Å². The van der Waals surface area contributed by atoms with Gasteiger partial charge in [-0.3, -0.25) is 0 Å². The number of esters is 1. The molecule has 0 amide bonds. The first-order chi connectivity index (χ1) is 13.0. The van der Waals surface area contributed by atoms with Gasteiger partial charge in [0, 0.05) is 18.1 Å². The summed E-state index contributed by atoms with van der Waals surface area (Å²) in [4.78, 5) is 12.4. The highest BCUT2D eigenvalue weighted by Crippen LogP contribution is 2.21. The minimum atomic E-state index is -3.52. The number of sulfonamides is 1. The first kappa shape index (κ1) is 19.9. The van der Waals surface area contributed by atoms with Crippen LogP contribution in [0.25, 0.3) is 0 Å². The summed E-state index contributed by atoms with van der Waals surface area (Å²) >= 11 is 5.91. The molecule has 0 atom stereocenters. The van der Waals surface area contributed by atoms with Crippen molar-refractivity contribution in [3.05, 3.63) is 64.7 Å². The van der Waals surface area contributed by atoms with Gasteiger partial charge in [-0.05, 0) is 54.8 Å². The smallest absolute Gasteiger partial charge is 0.338 e. The van der Waals surface area contributed by atoms with Gasteiger partial charge in [0.1, 0.15) is 6.61 Å². The quantitative estimate of drug-likeness (QED) is 0.694. The Kier molecular flexibility index (Phi) is 6.52. The zero-order valence-corrected chi connectivity index (χ0v) is 16.5. The highest BCUT2D eigenvalue weighted by atomic mass is 35.5. The van der Waals surface area contributed by atoms with Crippen LogP contribution in [-0.2, 0) is 21.4 Å². The summed E-state index contributed by atoms with van der Waals surface area (Å²) in [5.41, 5.74) is 1.10. The molecule has 0 aromatic heterocycles. The highest BCUT2D eigenvalue weighted by molar-refractivity contribution is 7.89. The van der Waals surface area contributed by atoms with Gasteiger partial charge in [0.2, 0.25) is 10.0 Å². The molecule has 1 heterocycles. The Hall–Kier alpha value is -1.89. The van der Waals surface area contributed by atoms with Crippen LogP contribution in [0.4, 0.5) is 0 Å². The molecule has 144 valence electrons. The van der Waals surface area contributed by atoms with Crippen LogP contribution in [0, 0.1) is 0 Å². The van der Waals surface area contributed by atoms with Crippen molar-refractivity contribution in [3.8, 4) is 0 Å². The Morgan fingerprint density at radius 3 is 2.30 bits per heavy atom. The van der Waals surface area contributed by atoms with Gasteiger partial charge in [0.15, 0.2) is 0 Å². The van der Waals surface area contributed by atoms with Crippen molar-refractivity contribution in [2.75, 3.05) is 13.1 Å². The Morgan fingerprint density at radius 2 is 1.67 bits per heavy atom. The lowest BCUT2D eigenvalue weighted by Crippen LogP contribution is -2.31. The average Bonchev–Trinajstić information content (AvgIpc) is 2.96. The van der Waals surface area contributed by atoms with E-state index in [4.69, 9.17) is 16.3 Å². The molecule has 0 saturated carbocycles. The SMILES string of the molecule is O=C(OCc1cccc(Cl)c1)c1ccc(S(=O)(=O)N2CCCCCC2)cc1. The van der Waals surface area contributed by atoms with Crippen molar-refractivity contribution in [2.24, 2.45) is 0 Å². The summed E-state index contributed by atoms with van der Waals surface area (Å²) in [5.74, 6) is -0.506. The molecule has 0 N–H and O–H groups in total. The van der Waals surface area contributed by atoms with Crippen molar-refractivity contribution in [1.29, 1.82) is 0 Å². The summed E-state index contributed by atoms with van der Waals surface area (Å²) in [7, 11) is -3.52. The molecule has 0 spiro atoms. The topological polar surface area (TPSA) is 63.7 Å². The fraction of sp³-hybridized carbons (Fsp3) is 0.350. The molecule has 7 heteroatoms. The number of carbonyl (C=O) groups is 1. The lowest BCUT2D eigenvalue weighted by molar-refractivity contribution is 0.0472. The van der Waals surface area contributed by atoms with E-state index in [1.807, 2.05) is 6.07 Å². The number of nitrogens with zero attached hydrogens (tertiary/aromatic N) is 1. The molecule has 1 saturated heterocycles. The standard InChI is InChI=1S/C20H22ClNO4S/c21-18-7-5-6-16(14-18)15-26-20(23)17-8-10-19(11-9-17)27(24,25)22-12-3-1-2-4-13-22/h5-11,14H,1-4,12-13,15H2. The van der Waals surface area contributed by atoms with Crippen molar-refractivity contribution < 1.29 is 17.9 Å². The van der Waals surface area contributed by atoms with E-state index in [1.165, 1.54) is 28.6 Å². The monoisotopic (exact) mass is 407 g/mol. The van der Waals surface area contributed by atoms with E-state index < -0.39 is 16.0 Å². The second kappa shape index (κ2) is 8.87. The molecule has 2 aromatic carbocycles. The Bertz CT molecular complexity index is 888. The summed E-state index contributed by atoms with van der Waals surface area (Å²) in [6.45, 7) is 1.20. The fourth-order valence-corrected chi connectivity index (χ4v) is 4.78. The van der Waals surface area contributed by atoms with Crippen LogP contribution in [0.3, 0.4) is 0 Å². The van der Waals surface area contributed by atoms with Crippen LogP contribution < -0.4 is 0 Å². The molecule has 0 unspecified atom stereocenters. The number of ether oxygens (including phenoxy) is 1. The summed E-state index contributed by atoms with van der Waals surface area (Å²) in [5, 5.41) is 0.576. The summed E-state index contributed by atoms with van der Waals surface area (Å²) in [6.07, 6.45) is 3.88. The van der Waals surface area contributed by atoms with Crippen LogP contribution in [0.1, 0.15) is 41.6 Å². The molecule has 1 aliphatic rings. The molecular formula is C20H22ClNO4S. The van der Waals surface area contributed by atoms with Crippen molar-refractivity contribution in [3.63, 3.8) is 0 Å². The third-order valence-electron chi connectivity index (χ3n) is 4.55. The van der Waals surface area contributed by atoms with Gasteiger partial charge in [-0.2, -0.15) is 4.31 Å². The number of rotatable bonds is 5. The molecule has 1 fully saturated rings. The molecule has 1 aliphatic heterocycles. The maximum absolute atomic E-state index is 12.8. The van der Waals surface area contributed by atoms with Gasteiger partial charge in [-0.1, -0.05) is 36.6 Å². The number of halogens is 1. The second-order valence-electron chi connectivity index (χ2n) is 6.55. The minimum absolute atomic E-state index is 0.104. The van der Waals surface area contributed by atoms with Crippen molar-refractivity contribution in [1.82, 2.24) is 4.31 Å². The normalized spacial score (nSPS) is 15.9. The molecule has 5 nitrogen and oxygen atoms in total. The predicted molar refractivity (Wildman–Crippen MR) is 104 cm³/mol. The molecule has 2 aromatic rings. The van der Waals surface area contributed by atoms with Crippen LogP contribution in [0.15, 0.2) is 53.4 Å². The maximum Gasteiger partial charge on any atom is 0.338 e. The Balaban J connectivity index is 1.66. The number of hydrogen-bond acceptors (Lipinski definition) is 4. The van der Waals surface area contributed by atoms with Gasteiger partial charge in [0.25, 0.3) is 0 Å².